The minimum atomic E-state index is -0.334. The highest BCUT2D eigenvalue weighted by Gasteiger charge is 2.41. The van der Waals surface area contributed by atoms with E-state index in [9.17, 15) is 4.79 Å². The molecule has 1 fully saturated rings. The molecule has 1 aliphatic heterocycles. The summed E-state index contributed by atoms with van der Waals surface area (Å²) in [6.45, 7) is 0. The first-order valence-corrected chi connectivity index (χ1v) is 9.94. The fourth-order valence-electron chi connectivity index (χ4n) is 3.14. The highest BCUT2D eigenvalue weighted by atomic mass is 16.5. The Morgan fingerprint density at radius 2 is 1.25 bits per heavy atom. The molecule has 1 saturated heterocycles. The highest BCUT2D eigenvalue weighted by molar-refractivity contribution is 6.48. The number of aliphatic imine (C=N–C) groups is 2. The van der Waals surface area contributed by atoms with Gasteiger partial charge in [-0.1, -0.05) is 18.2 Å². The standard InChI is InChI=1S/C24H23N5O3/c1-28-22(25-18-9-13-20(31-2)14-10-18)23(26-19-11-15-21(32-3)16-12-19)29(28)24(30)27-17-7-5-4-6-8-17/h4-16H,1-3H3,(H,27,30). The van der Waals surface area contributed by atoms with Crippen molar-refractivity contribution in [3.05, 3.63) is 78.9 Å². The molecule has 162 valence electrons. The van der Waals surface area contributed by atoms with Gasteiger partial charge in [0.05, 0.1) is 25.6 Å². The van der Waals surface area contributed by atoms with Crippen molar-refractivity contribution >= 4 is 34.8 Å². The zero-order valence-electron chi connectivity index (χ0n) is 18.0. The van der Waals surface area contributed by atoms with Crippen molar-refractivity contribution in [1.29, 1.82) is 0 Å². The molecular weight excluding hydrogens is 406 g/mol. The molecule has 4 rings (SSSR count). The van der Waals surface area contributed by atoms with Crippen LogP contribution in [0.5, 0.6) is 11.5 Å². The zero-order chi connectivity index (χ0) is 22.5. The van der Waals surface area contributed by atoms with Gasteiger partial charge in [0.1, 0.15) is 11.5 Å². The molecule has 0 radical (unpaired) electrons. The molecule has 3 aromatic rings. The molecule has 8 heteroatoms. The monoisotopic (exact) mass is 429 g/mol. The number of carbonyl (C=O) groups is 1. The van der Waals surface area contributed by atoms with E-state index in [1.165, 1.54) is 5.01 Å². The van der Waals surface area contributed by atoms with E-state index in [1.807, 2.05) is 78.9 Å². The van der Waals surface area contributed by atoms with Gasteiger partial charge in [-0.15, -0.1) is 0 Å². The van der Waals surface area contributed by atoms with E-state index in [4.69, 9.17) is 9.47 Å². The third kappa shape index (κ3) is 4.39. The first kappa shape index (κ1) is 20.9. The molecule has 0 saturated carbocycles. The van der Waals surface area contributed by atoms with E-state index in [1.54, 1.807) is 26.3 Å². The molecule has 1 N–H and O–H groups in total. The molecule has 2 amide bonds. The Kier molecular flexibility index (Phi) is 6.03. The number of nitrogens with one attached hydrogen (secondary N) is 1. The van der Waals surface area contributed by atoms with Gasteiger partial charge in [-0.25, -0.2) is 14.8 Å². The lowest BCUT2D eigenvalue weighted by molar-refractivity contribution is 0.155. The molecule has 0 atom stereocenters. The number of likely N-dealkylation sites (N-methyl/N-ethyl adjacent to an activating group) is 1. The number of hydrogen-bond acceptors (Lipinski definition) is 5. The lowest BCUT2D eigenvalue weighted by Gasteiger charge is -2.43. The minimum absolute atomic E-state index is 0.334. The molecule has 0 aromatic heterocycles. The molecule has 1 aliphatic rings. The lowest BCUT2D eigenvalue weighted by Crippen LogP contribution is -2.67. The molecule has 0 unspecified atom stereocenters. The third-order valence-electron chi connectivity index (χ3n) is 4.84. The normalized spacial score (nSPS) is 15.5. The van der Waals surface area contributed by atoms with Crippen LogP contribution in [0.25, 0.3) is 0 Å². The van der Waals surface area contributed by atoms with E-state index >= 15 is 0 Å². The number of carbonyl (C=O) groups excluding carboxylic acids is 1. The second kappa shape index (κ2) is 9.22. The van der Waals surface area contributed by atoms with E-state index in [2.05, 4.69) is 15.3 Å². The number of urea groups is 1. The topological polar surface area (TPSA) is 78.8 Å². The Labute approximate surface area is 186 Å². The number of methoxy groups -OCH3 is 2. The number of hydrazine groups is 1. The maximum Gasteiger partial charge on any atom is 0.347 e. The van der Waals surface area contributed by atoms with Crippen molar-refractivity contribution in [2.45, 2.75) is 0 Å². The molecule has 8 nitrogen and oxygen atoms in total. The summed E-state index contributed by atoms with van der Waals surface area (Å²) in [5, 5.41) is 5.98. The van der Waals surface area contributed by atoms with E-state index < -0.39 is 0 Å². The van der Waals surface area contributed by atoms with Gasteiger partial charge in [0.25, 0.3) is 0 Å². The summed E-state index contributed by atoms with van der Waals surface area (Å²) >= 11 is 0. The van der Waals surface area contributed by atoms with Crippen LogP contribution < -0.4 is 14.8 Å². The smallest absolute Gasteiger partial charge is 0.347 e. The van der Waals surface area contributed by atoms with Crippen LogP contribution in [0.2, 0.25) is 0 Å². The summed E-state index contributed by atoms with van der Waals surface area (Å²) in [4.78, 5) is 22.3. The Morgan fingerprint density at radius 1 is 0.750 bits per heavy atom. The predicted molar refractivity (Wildman–Crippen MR) is 125 cm³/mol. The van der Waals surface area contributed by atoms with Crippen LogP contribution in [0.3, 0.4) is 0 Å². The van der Waals surface area contributed by atoms with Crippen molar-refractivity contribution in [3.8, 4) is 11.5 Å². The second-order valence-electron chi connectivity index (χ2n) is 6.90. The van der Waals surface area contributed by atoms with Crippen LogP contribution >= 0.6 is 0 Å². The fourth-order valence-corrected chi connectivity index (χ4v) is 3.14. The summed E-state index contributed by atoms with van der Waals surface area (Å²) in [7, 11) is 4.99. The van der Waals surface area contributed by atoms with Crippen LogP contribution in [0.15, 0.2) is 88.8 Å². The lowest BCUT2D eigenvalue weighted by atomic mass is 10.2. The van der Waals surface area contributed by atoms with Crippen molar-refractivity contribution in [3.63, 3.8) is 0 Å². The van der Waals surface area contributed by atoms with Crippen LogP contribution in [-0.4, -0.2) is 49.0 Å². The quantitative estimate of drug-likeness (QED) is 0.628. The zero-order valence-corrected chi connectivity index (χ0v) is 18.0. The maximum atomic E-state index is 13.0. The van der Waals surface area contributed by atoms with Crippen molar-refractivity contribution < 1.29 is 14.3 Å². The van der Waals surface area contributed by atoms with Gasteiger partial charge in [0.2, 0.25) is 5.84 Å². The van der Waals surface area contributed by atoms with Crippen LogP contribution in [-0.2, 0) is 0 Å². The van der Waals surface area contributed by atoms with E-state index in [0.717, 1.165) is 17.2 Å². The van der Waals surface area contributed by atoms with Crippen LogP contribution in [0, 0.1) is 0 Å². The number of para-hydroxylation sites is 1. The van der Waals surface area contributed by atoms with Gasteiger partial charge >= 0.3 is 6.03 Å². The number of benzene rings is 3. The number of amides is 2. The summed E-state index contributed by atoms with van der Waals surface area (Å²) in [5.74, 6) is 2.47. The number of rotatable bonds is 5. The number of amidine groups is 2. The van der Waals surface area contributed by atoms with E-state index in [0.29, 0.717) is 23.0 Å². The largest absolute Gasteiger partial charge is 0.497 e. The van der Waals surface area contributed by atoms with Crippen molar-refractivity contribution in [1.82, 2.24) is 10.0 Å². The Hall–Kier alpha value is -4.33. The number of nitrogens with zero attached hydrogens (tertiary/aromatic N) is 4. The minimum Gasteiger partial charge on any atom is -0.497 e. The Balaban J connectivity index is 1.66. The van der Waals surface area contributed by atoms with Crippen LogP contribution in [0.4, 0.5) is 21.9 Å². The predicted octanol–water partition coefficient (Wildman–Crippen LogP) is 4.86. The SMILES string of the molecule is COc1ccc(N=C2C(=Nc3ccc(OC)cc3)N(C(=O)Nc3ccccc3)N2C)cc1. The molecule has 3 aromatic carbocycles. The van der Waals surface area contributed by atoms with Gasteiger partial charge in [0.15, 0.2) is 5.84 Å². The van der Waals surface area contributed by atoms with Crippen LogP contribution in [0.1, 0.15) is 0 Å². The summed E-state index contributed by atoms with van der Waals surface area (Å²) in [5.41, 5.74) is 2.09. The molecule has 0 aliphatic carbocycles. The second-order valence-corrected chi connectivity index (χ2v) is 6.90. The van der Waals surface area contributed by atoms with Gasteiger partial charge < -0.3 is 14.8 Å². The number of anilines is 1. The van der Waals surface area contributed by atoms with Gasteiger partial charge in [-0.2, -0.15) is 5.01 Å². The average molecular weight is 429 g/mol. The summed E-state index contributed by atoms with van der Waals surface area (Å²) in [6.07, 6.45) is 0. The van der Waals surface area contributed by atoms with E-state index in [-0.39, 0.29) is 6.03 Å². The van der Waals surface area contributed by atoms with Crippen molar-refractivity contribution in [2.75, 3.05) is 26.6 Å². The first-order chi connectivity index (χ1) is 15.6. The summed E-state index contributed by atoms with van der Waals surface area (Å²) < 4.78 is 10.4. The average Bonchev–Trinajstić information content (AvgIpc) is 2.83. The highest BCUT2D eigenvalue weighted by Crippen LogP contribution is 2.26. The number of ether oxygens (including phenoxy) is 2. The summed E-state index contributed by atoms with van der Waals surface area (Å²) in [6, 6.07) is 23.6. The fraction of sp³-hybridized carbons (Fsp3) is 0.125. The molecule has 0 bridgehead atoms. The maximum absolute atomic E-state index is 13.0. The van der Waals surface area contributed by atoms with Gasteiger partial charge in [0, 0.05) is 12.7 Å². The van der Waals surface area contributed by atoms with Gasteiger partial charge in [-0.3, -0.25) is 5.01 Å². The molecule has 1 heterocycles. The molecular formula is C24H23N5O3. The molecule has 32 heavy (non-hydrogen) atoms. The third-order valence-corrected chi connectivity index (χ3v) is 4.84. The number of hydrogen-bond donors (Lipinski definition) is 1. The van der Waals surface area contributed by atoms with Crippen molar-refractivity contribution in [2.24, 2.45) is 9.98 Å². The first-order valence-electron chi connectivity index (χ1n) is 9.94. The molecule has 0 spiro atoms. The Bertz CT molecular complexity index is 1140. The Morgan fingerprint density at radius 3 is 1.75 bits per heavy atom. The van der Waals surface area contributed by atoms with Gasteiger partial charge in [-0.05, 0) is 60.7 Å².